The minimum Gasteiger partial charge on any atom is -0.481 e. The van der Waals surface area contributed by atoms with Crippen LogP contribution in [0.5, 0.6) is 0 Å². The summed E-state index contributed by atoms with van der Waals surface area (Å²) in [5.74, 6) is -1.18. The molecule has 0 aliphatic carbocycles. The predicted octanol–water partition coefficient (Wildman–Crippen LogP) is 2.74. The number of rotatable bonds is 5. The first kappa shape index (κ1) is 13.9. The first-order chi connectivity index (χ1) is 7.90. The molecule has 3 nitrogen and oxygen atoms in total. The topological polar surface area (TPSA) is 49.3 Å². The molecule has 0 aromatic heterocycles. The van der Waals surface area contributed by atoms with Crippen molar-refractivity contribution in [1.82, 2.24) is 5.32 Å². The fourth-order valence-corrected chi connectivity index (χ4v) is 1.73. The number of hydrogen-bond donors (Lipinski definition) is 2. The summed E-state index contributed by atoms with van der Waals surface area (Å²) >= 11 is 5.97. The van der Waals surface area contributed by atoms with Gasteiger partial charge in [-0.1, -0.05) is 11.6 Å². The van der Waals surface area contributed by atoms with E-state index in [2.05, 4.69) is 5.32 Å². The summed E-state index contributed by atoms with van der Waals surface area (Å²) in [6.07, 6.45) is 0.0198. The lowest BCUT2D eigenvalue weighted by Gasteiger charge is -2.13. The molecule has 0 heterocycles. The zero-order chi connectivity index (χ0) is 13.0. The lowest BCUT2D eigenvalue weighted by molar-refractivity contribution is -0.137. The van der Waals surface area contributed by atoms with Crippen LogP contribution in [-0.2, 0) is 11.3 Å². The monoisotopic (exact) mass is 259 g/mol. The molecular weight excluding hydrogens is 245 g/mol. The lowest BCUT2D eigenvalue weighted by Crippen LogP contribution is -2.28. The Morgan fingerprint density at radius 1 is 1.59 bits per heavy atom. The molecule has 2 N–H and O–H groups in total. The van der Waals surface area contributed by atoms with Crippen LogP contribution in [0, 0.1) is 12.7 Å². The first-order valence-electron chi connectivity index (χ1n) is 5.30. The van der Waals surface area contributed by atoms with Gasteiger partial charge in [0.05, 0.1) is 6.42 Å². The van der Waals surface area contributed by atoms with Crippen molar-refractivity contribution < 1.29 is 14.3 Å². The van der Waals surface area contributed by atoms with Crippen molar-refractivity contribution in [3.05, 3.63) is 34.1 Å². The van der Waals surface area contributed by atoms with E-state index in [0.717, 1.165) is 0 Å². The number of carboxylic acid groups (broad SMARTS) is 1. The molecular formula is C12H15ClFNO2. The quantitative estimate of drug-likeness (QED) is 0.855. The van der Waals surface area contributed by atoms with Crippen molar-refractivity contribution in [3.8, 4) is 0 Å². The van der Waals surface area contributed by atoms with E-state index in [-0.39, 0.29) is 18.3 Å². The summed E-state index contributed by atoms with van der Waals surface area (Å²) in [5.41, 5.74) is 1.13. The molecule has 1 unspecified atom stereocenters. The van der Waals surface area contributed by atoms with E-state index in [1.807, 2.05) is 0 Å². The van der Waals surface area contributed by atoms with Gasteiger partial charge < -0.3 is 10.4 Å². The second kappa shape index (κ2) is 5.98. The maximum atomic E-state index is 13.3. The van der Waals surface area contributed by atoms with Crippen LogP contribution in [0.1, 0.15) is 24.5 Å². The van der Waals surface area contributed by atoms with Gasteiger partial charge in [-0.05, 0) is 37.1 Å². The number of carboxylic acids is 1. The van der Waals surface area contributed by atoms with E-state index in [1.165, 1.54) is 6.07 Å². The Morgan fingerprint density at radius 2 is 2.24 bits per heavy atom. The normalized spacial score (nSPS) is 12.5. The van der Waals surface area contributed by atoms with Crippen molar-refractivity contribution in [2.45, 2.75) is 32.9 Å². The van der Waals surface area contributed by atoms with Crippen LogP contribution in [0.4, 0.5) is 4.39 Å². The van der Waals surface area contributed by atoms with E-state index in [4.69, 9.17) is 16.7 Å². The largest absolute Gasteiger partial charge is 0.481 e. The summed E-state index contributed by atoms with van der Waals surface area (Å²) in [4.78, 5) is 10.5. The number of hydrogen-bond acceptors (Lipinski definition) is 2. The Morgan fingerprint density at radius 3 is 2.82 bits per heavy atom. The minimum atomic E-state index is -0.869. The molecule has 0 saturated carbocycles. The zero-order valence-electron chi connectivity index (χ0n) is 9.76. The third kappa shape index (κ3) is 4.32. The predicted molar refractivity (Wildman–Crippen MR) is 64.7 cm³/mol. The molecule has 0 aliphatic rings. The van der Waals surface area contributed by atoms with E-state index < -0.39 is 5.97 Å². The number of halogens is 2. The van der Waals surface area contributed by atoms with Gasteiger partial charge in [0.25, 0.3) is 0 Å². The van der Waals surface area contributed by atoms with Crippen LogP contribution in [-0.4, -0.2) is 17.1 Å². The van der Waals surface area contributed by atoms with E-state index >= 15 is 0 Å². The van der Waals surface area contributed by atoms with Gasteiger partial charge in [-0.15, -0.1) is 0 Å². The fraction of sp³-hybridized carbons (Fsp3) is 0.417. The minimum absolute atomic E-state index is 0.0198. The fourth-order valence-electron chi connectivity index (χ4n) is 1.44. The van der Waals surface area contributed by atoms with Gasteiger partial charge in [-0.3, -0.25) is 4.79 Å². The molecule has 0 amide bonds. The standard InChI is InChI=1S/C12H15ClFNO2/c1-7-3-10(13)9(5-11(7)14)6-15-8(2)4-12(16)17/h3,5,8,15H,4,6H2,1-2H3,(H,16,17). The Balaban J connectivity index is 2.63. The summed E-state index contributed by atoms with van der Waals surface area (Å²) in [6.45, 7) is 3.75. The molecule has 5 heteroatoms. The Bertz CT molecular complexity index is 423. The number of benzene rings is 1. The van der Waals surface area contributed by atoms with Gasteiger partial charge in [0.2, 0.25) is 0 Å². The highest BCUT2D eigenvalue weighted by atomic mass is 35.5. The van der Waals surface area contributed by atoms with Crippen LogP contribution >= 0.6 is 11.6 Å². The highest BCUT2D eigenvalue weighted by Crippen LogP contribution is 2.20. The second-order valence-electron chi connectivity index (χ2n) is 4.07. The molecule has 0 spiro atoms. The summed E-state index contributed by atoms with van der Waals surface area (Å²) in [5, 5.41) is 12.1. The van der Waals surface area contributed by atoms with Gasteiger partial charge in [-0.2, -0.15) is 0 Å². The first-order valence-corrected chi connectivity index (χ1v) is 5.67. The van der Waals surface area contributed by atoms with E-state index in [0.29, 0.717) is 22.7 Å². The average molecular weight is 260 g/mol. The maximum absolute atomic E-state index is 13.3. The molecule has 1 aromatic carbocycles. The zero-order valence-corrected chi connectivity index (χ0v) is 10.5. The highest BCUT2D eigenvalue weighted by molar-refractivity contribution is 6.31. The summed E-state index contributed by atoms with van der Waals surface area (Å²) in [6, 6.07) is 2.75. The third-order valence-corrected chi connectivity index (χ3v) is 2.80. The van der Waals surface area contributed by atoms with E-state index in [9.17, 15) is 9.18 Å². The summed E-state index contributed by atoms with van der Waals surface area (Å²) in [7, 11) is 0. The maximum Gasteiger partial charge on any atom is 0.304 e. The Kier molecular flexibility index (Phi) is 4.90. The van der Waals surface area contributed by atoms with Crippen molar-refractivity contribution in [2.24, 2.45) is 0 Å². The van der Waals surface area contributed by atoms with Gasteiger partial charge in [-0.25, -0.2) is 4.39 Å². The van der Waals surface area contributed by atoms with Crippen molar-refractivity contribution in [2.75, 3.05) is 0 Å². The highest BCUT2D eigenvalue weighted by Gasteiger charge is 2.09. The average Bonchev–Trinajstić information content (AvgIpc) is 2.20. The van der Waals surface area contributed by atoms with Crippen LogP contribution in [0.25, 0.3) is 0 Å². The van der Waals surface area contributed by atoms with Crippen LogP contribution < -0.4 is 5.32 Å². The number of aryl methyl sites for hydroxylation is 1. The molecule has 0 radical (unpaired) electrons. The lowest BCUT2D eigenvalue weighted by atomic mass is 10.1. The van der Waals surface area contributed by atoms with E-state index in [1.54, 1.807) is 19.9 Å². The van der Waals surface area contributed by atoms with Crippen LogP contribution in [0.15, 0.2) is 12.1 Å². The van der Waals surface area contributed by atoms with Crippen molar-refractivity contribution in [1.29, 1.82) is 0 Å². The Labute approximate surface area is 105 Å². The molecule has 1 rings (SSSR count). The molecule has 17 heavy (non-hydrogen) atoms. The number of nitrogens with one attached hydrogen (secondary N) is 1. The van der Waals surface area contributed by atoms with Gasteiger partial charge >= 0.3 is 5.97 Å². The number of aliphatic carboxylic acids is 1. The molecule has 0 fully saturated rings. The van der Waals surface area contributed by atoms with Crippen LogP contribution in [0.3, 0.4) is 0 Å². The van der Waals surface area contributed by atoms with Crippen molar-refractivity contribution >= 4 is 17.6 Å². The van der Waals surface area contributed by atoms with Crippen molar-refractivity contribution in [3.63, 3.8) is 0 Å². The molecule has 94 valence electrons. The van der Waals surface area contributed by atoms with Gasteiger partial charge in [0.15, 0.2) is 0 Å². The molecule has 0 saturated heterocycles. The van der Waals surface area contributed by atoms with Gasteiger partial charge in [0, 0.05) is 17.6 Å². The number of carbonyl (C=O) groups is 1. The van der Waals surface area contributed by atoms with Crippen LogP contribution in [0.2, 0.25) is 5.02 Å². The third-order valence-electron chi connectivity index (χ3n) is 2.45. The molecule has 0 aliphatic heterocycles. The Hall–Kier alpha value is -1.13. The van der Waals surface area contributed by atoms with Gasteiger partial charge in [0.1, 0.15) is 5.82 Å². The molecule has 0 bridgehead atoms. The smallest absolute Gasteiger partial charge is 0.304 e. The molecule has 1 aromatic rings. The second-order valence-corrected chi connectivity index (χ2v) is 4.48. The summed E-state index contributed by atoms with van der Waals surface area (Å²) < 4.78 is 13.3. The SMILES string of the molecule is Cc1cc(Cl)c(CNC(C)CC(=O)O)cc1F. The molecule has 1 atom stereocenters.